The van der Waals surface area contributed by atoms with Crippen molar-refractivity contribution >= 4 is 11.7 Å². The predicted molar refractivity (Wildman–Crippen MR) is 104 cm³/mol. The van der Waals surface area contributed by atoms with Crippen LogP contribution in [0.3, 0.4) is 0 Å². The fourth-order valence-corrected chi connectivity index (χ4v) is 2.75. The minimum atomic E-state index is -0.690. The summed E-state index contributed by atoms with van der Waals surface area (Å²) in [4.78, 5) is 27.9. The van der Waals surface area contributed by atoms with Gasteiger partial charge in [0.2, 0.25) is 0 Å². The van der Waals surface area contributed by atoms with Gasteiger partial charge in [0.15, 0.2) is 11.9 Å². The third-order valence-corrected chi connectivity index (χ3v) is 4.29. The maximum atomic E-state index is 12.4. The molecule has 7 heteroatoms. The number of carbonyl (C=O) groups is 2. The molecule has 1 amide bonds. The van der Waals surface area contributed by atoms with E-state index in [0.717, 1.165) is 11.1 Å². The van der Waals surface area contributed by atoms with Gasteiger partial charge in [-0.15, -0.1) is 0 Å². The van der Waals surface area contributed by atoms with Crippen LogP contribution in [-0.2, 0) is 17.9 Å². The minimum absolute atomic E-state index is 0.0495. The fraction of sp³-hybridized carbons (Fsp3) is 0.238. The van der Waals surface area contributed by atoms with Crippen LogP contribution in [0.4, 0.5) is 0 Å². The number of aromatic nitrogens is 3. The van der Waals surface area contributed by atoms with E-state index >= 15 is 0 Å². The number of amides is 1. The zero-order valence-corrected chi connectivity index (χ0v) is 15.8. The molecule has 1 atom stereocenters. The molecule has 1 unspecified atom stereocenters. The monoisotopic (exact) mass is 378 g/mol. The number of hydrogen-bond donors (Lipinski definition) is 1. The Morgan fingerprint density at radius 2 is 1.93 bits per heavy atom. The van der Waals surface area contributed by atoms with Crippen molar-refractivity contribution in [3.05, 3.63) is 77.9 Å². The average molecular weight is 378 g/mol. The molecule has 0 saturated carbocycles. The van der Waals surface area contributed by atoms with E-state index in [9.17, 15) is 9.59 Å². The van der Waals surface area contributed by atoms with Crippen molar-refractivity contribution in [3.8, 4) is 5.75 Å². The van der Waals surface area contributed by atoms with E-state index in [-0.39, 0.29) is 11.7 Å². The van der Waals surface area contributed by atoms with E-state index in [1.165, 1.54) is 13.3 Å². The molecule has 0 fully saturated rings. The number of rotatable bonds is 8. The van der Waals surface area contributed by atoms with Crippen LogP contribution in [0.25, 0.3) is 0 Å². The van der Waals surface area contributed by atoms with E-state index in [2.05, 4.69) is 15.4 Å². The molecule has 2 aromatic carbocycles. The van der Waals surface area contributed by atoms with E-state index in [1.807, 2.05) is 24.3 Å². The first-order chi connectivity index (χ1) is 13.5. The van der Waals surface area contributed by atoms with Crippen LogP contribution in [0.2, 0.25) is 0 Å². The number of ketones is 1. The molecule has 144 valence electrons. The van der Waals surface area contributed by atoms with Crippen LogP contribution in [0.15, 0.2) is 61.2 Å². The molecule has 1 N–H and O–H groups in total. The highest BCUT2D eigenvalue weighted by molar-refractivity contribution is 5.94. The van der Waals surface area contributed by atoms with Crippen molar-refractivity contribution in [1.29, 1.82) is 0 Å². The van der Waals surface area contributed by atoms with E-state index < -0.39 is 6.10 Å². The Hall–Kier alpha value is -3.48. The molecule has 1 heterocycles. The smallest absolute Gasteiger partial charge is 0.261 e. The molecule has 0 saturated heterocycles. The van der Waals surface area contributed by atoms with Crippen LogP contribution in [0.1, 0.15) is 35.3 Å². The average Bonchev–Trinajstić information content (AvgIpc) is 3.20. The Labute approximate surface area is 163 Å². The lowest BCUT2D eigenvalue weighted by atomic mass is 10.1. The third kappa shape index (κ3) is 5.03. The second-order valence-electron chi connectivity index (χ2n) is 6.42. The first-order valence-electron chi connectivity index (χ1n) is 8.97. The maximum Gasteiger partial charge on any atom is 0.261 e. The van der Waals surface area contributed by atoms with Gasteiger partial charge >= 0.3 is 0 Å². The largest absolute Gasteiger partial charge is 0.481 e. The van der Waals surface area contributed by atoms with Gasteiger partial charge in [-0.05, 0) is 37.1 Å². The first-order valence-corrected chi connectivity index (χ1v) is 8.97. The number of hydrogen-bond acceptors (Lipinski definition) is 5. The highest BCUT2D eigenvalue weighted by Gasteiger charge is 2.15. The van der Waals surface area contributed by atoms with Gasteiger partial charge in [-0.1, -0.05) is 36.4 Å². The summed E-state index contributed by atoms with van der Waals surface area (Å²) in [6, 6.07) is 14.7. The molecule has 28 heavy (non-hydrogen) atoms. The van der Waals surface area contributed by atoms with E-state index in [4.69, 9.17) is 4.74 Å². The normalized spacial score (nSPS) is 11.6. The summed E-state index contributed by atoms with van der Waals surface area (Å²) in [7, 11) is 0. The van der Waals surface area contributed by atoms with Crippen molar-refractivity contribution in [3.63, 3.8) is 0 Å². The highest BCUT2D eigenvalue weighted by Crippen LogP contribution is 2.16. The number of Topliss-reactive ketones (excluding diaryl/α,β-unsaturated/α-hetero) is 1. The molecule has 3 rings (SSSR count). The van der Waals surface area contributed by atoms with Gasteiger partial charge in [0.25, 0.3) is 5.91 Å². The second kappa shape index (κ2) is 8.94. The quantitative estimate of drug-likeness (QED) is 0.609. The predicted octanol–water partition coefficient (Wildman–Crippen LogP) is 2.61. The molecule has 3 aromatic rings. The minimum Gasteiger partial charge on any atom is -0.481 e. The van der Waals surface area contributed by atoms with Crippen LogP contribution in [0.5, 0.6) is 5.75 Å². The first kappa shape index (κ1) is 19.3. The third-order valence-electron chi connectivity index (χ3n) is 4.29. The van der Waals surface area contributed by atoms with Crippen molar-refractivity contribution in [2.45, 2.75) is 33.0 Å². The second-order valence-corrected chi connectivity index (χ2v) is 6.42. The topological polar surface area (TPSA) is 86.1 Å². The molecular formula is C21H22N4O3. The van der Waals surface area contributed by atoms with Gasteiger partial charge in [-0.2, -0.15) is 5.10 Å². The van der Waals surface area contributed by atoms with Gasteiger partial charge in [0, 0.05) is 12.1 Å². The molecule has 0 radical (unpaired) electrons. The van der Waals surface area contributed by atoms with E-state index in [1.54, 1.807) is 42.2 Å². The summed E-state index contributed by atoms with van der Waals surface area (Å²) in [6.45, 7) is 4.13. The molecule has 0 aliphatic heterocycles. The zero-order valence-electron chi connectivity index (χ0n) is 15.8. The van der Waals surface area contributed by atoms with Crippen LogP contribution >= 0.6 is 0 Å². The lowest BCUT2D eigenvalue weighted by molar-refractivity contribution is -0.127. The van der Waals surface area contributed by atoms with Gasteiger partial charge in [-0.25, -0.2) is 9.67 Å². The molecule has 0 aliphatic carbocycles. The van der Waals surface area contributed by atoms with Crippen LogP contribution in [0, 0.1) is 0 Å². The summed E-state index contributed by atoms with van der Waals surface area (Å²) in [6.07, 6.45) is 2.45. The Morgan fingerprint density at radius 1 is 1.14 bits per heavy atom. The van der Waals surface area contributed by atoms with Crippen LogP contribution in [-0.4, -0.2) is 32.6 Å². The van der Waals surface area contributed by atoms with Gasteiger partial charge in [0.1, 0.15) is 18.4 Å². The number of benzene rings is 2. The number of nitrogens with zero attached hydrogens (tertiary/aromatic N) is 3. The van der Waals surface area contributed by atoms with Crippen molar-refractivity contribution < 1.29 is 14.3 Å². The summed E-state index contributed by atoms with van der Waals surface area (Å²) in [5, 5.41) is 7.02. The Balaban J connectivity index is 1.59. The van der Waals surface area contributed by atoms with Crippen molar-refractivity contribution in [1.82, 2.24) is 20.1 Å². The lowest BCUT2D eigenvalue weighted by Gasteiger charge is -2.16. The van der Waals surface area contributed by atoms with Gasteiger partial charge < -0.3 is 10.1 Å². The molecule has 1 aromatic heterocycles. The standard InChI is InChI=1S/C21H22N4O3/c1-15(26)17-8-5-9-20(10-17)28-16(2)21(27)23-11-18-6-3-4-7-19(18)12-25-14-22-13-24-25/h3-10,13-14,16H,11-12H2,1-2H3,(H,23,27). The summed E-state index contributed by atoms with van der Waals surface area (Å²) in [5.74, 6) is 0.206. The highest BCUT2D eigenvalue weighted by atomic mass is 16.5. The zero-order chi connectivity index (χ0) is 19.9. The number of carbonyl (C=O) groups excluding carboxylic acids is 2. The SMILES string of the molecule is CC(=O)c1cccc(OC(C)C(=O)NCc2ccccc2Cn2cncn2)c1. The van der Waals surface area contributed by atoms with Gasteiger partial charge in [-0.3, -0.25) is 9.59 Å². The number of nitrogens with one attached hydrogen (secondary N) is 1. The lowest BCUT2D eigenvalue weighted by Crippen LogP contribution is -2.36. The van der Waals surface area contributed by atoms with E-state index in [0.29, 0.717) is 24.4 Å². The molecule has 7 nitrogen and oxygen atoms in total. The maximum absolute atomic E-state index is 12.4. The molecule has 0 bridgehead atoms. The van der Waals surface area contributed by atoms with Crippen molar-refractivity contribution in [2.75, 3.05) is 0 Å². The van der Waals surface area contributed by atoms with Crippen molar-refractivity contribution in [2.24, 2.45) is 0 Å². The molecule has 0 spiro atoms. The van der Waals surface area contributed by atoms with Gasteiger partial charge in [0.05, 0.1) is 6.54 Å². The number of ether oxygens (including phenoxy) is 1. The Morgan fingerprint density at radius 3 is 2.64 bits per heavy atom. The summed E-state index contributed by atoms with van der Waals surface area (Å²) >= 11 is 0. The Kier molecular flexibility index (Phi) is 6.16. The fourth-order valence-electron chi connectivity index (χ4n) is 2.75. The Bertz CT molecular complexity index is 954. The summed E-state index contributed by atoms with van der Waals surface area (Å²) < 4.78 is 7.41. The summed E-state index contributed by atoms with van der Waals surface area (Å²) in [5.41, 5.74) is 2.60. The molecular weight excluding hydrogens is 356 g/mol. The van der Waals surface area contributed by atoms with Crippen LogP contribution < -0.4 is 10.1 Å². The molecule has 0 aliphatic rings.